The SMILES string of the molecule is Nc1ccccc1N1CCN(Cc2ccncc2)CC1. The zero-order valence-corrected chi connectivity index (χ0v) is 11.6. The Morgan fingerprint density at radius 1 is 0.950 bits per heavy atom. The van der Waals surface area contributed by atoms with E-state index in [-0.39, 0.29) is 0 Å². The van der Waals surface area contributed by atoms with Gasteiger partial charge in [-0.1, -0.05) is 12.1 Å². The lowest BCUT2D eigenvalue weighted by Gasteiger charge is -2.36. The molecule has 1 fully saturated rings. The third-order valence-electron chi connectivity index (χ3n) is 3.81. The Balaban J connectivity index is 1.59. The molecule has 4 heteroatoms. The summed E-state index contributed by atoms with van der Waals surface area (Å²) in [6, 6.07) is 12.3. The highest BCUT2D eigenvalue weighted by Crippen LogP contribution is 2.23. The van der Waals surface area contributed by atoms with Gasteiger partial charge in [0.2, 0.25) is 0 Å². The van der Waals surface area contributed by atoms with Crippen molar-refractivity contribution < 1.29 is 0 Å². The predicted octanol–water partition coefficient (Wildman–Crippen LogP) is 1.99. The van der Waals surface area contributed by atoms with Crippen molar-refractivity contribution in [2.45, 2.75) is 6.54 Å². The zero-order valence-electron chi connectivity index (χ0n) is 11.6. The molecule has 0 atom stereocenters. The van der Waals surface area contributed by atoms with E-state index in [1.54, 1.807) is 0 Å². The maximum absolute atomic E-state index is 6.05. The fourth-order valence-electron chi connectivity index (χ4n) is 2.67. The lowest BCUT2D eigenvalue weighted by Crippen LogP contribution is -2.46. The Bertz CT molecular complexity index is 547. The molecule has 0 saturated carbocycles. The fourth-order valence-corrected chi connectivity index (χ4v) is 2.67. The lowest BCUT2D eigenvalue weighted by atomic mass is 10.2. The second kappa shape index (κ2) is 5.92. The molecular formula is C16H20N4. The summed E-state index contributed by atoms with van der Waals surface area (Å²) in [5, 5.41) is 0. The molecule has 0 amide bonds. The van der Waals surface area contributed by atoms with Gasteiger partial charge in [-0.25, -0.2) is 0 Å². The first-order chi connectivity index (χ1) is 9.83. The molecule has 0 aliphatic carbocycles. The molecule has 0 radical (unpaired) electrons. The van der Waals surface area contributed by atoms with Crippen molar-refractivity contribution in [3.63, 3.8) is 0 Å². The van der Waals surface area contributed by atoms with E-state index in [1.807, 2.05) is 24.5 Å². The van der Waals surface area contributed by atoms with Crippen LogP contribution in [-0.2, 0) is 6.54 Å². The second-order valence-electron chi connectivity index (χ2n) is 5.18. The maximum Gasteiger partial charge on any atom is 0.0600 e. The Hall–Kier alpha value is -2.07. The van der Waals surface area contributed by atoms with E-state index >= 15 is 0 Å². The van der Waals surface area contributed by atoms with Gasteiger partial charge in [-0.05, 0) is 29.8 Å². The number of para-hydroxylation sites is 2. The van der Waals surface area contributed by atoms with Crippen LogP contribution in [0.4, 0.5) is 11.4 Å². The minimum Gasteiger partial charge on any atom is -0.397 e. The van der Waals surface area contributed by atoms with Crippen molar-refractivity contribution in [2.24, 2.45) is 0 Å². The topological polar surface area (TPSA) is 45.4 Å². The van der Waals surface area contributed by atoms with E-state index in [1.165, 1.54) is 5.56 Å². The third-order valence-corrected chi connectivity index (χ3v) is 3.81. The van der Waals surface area contributed by atoms with Gasteiger partial charge >= 0.3 is 0 Å². The highest BCUT2D eigenvalue weighted by atomic mass is 15.3. The van der Waals surface area contributed by atoms with Gasteiger partial charge in [-0.2, -0.15) is 0 Å². The van der Waals surface area contributed by atoms with Gasteiger partial charge in [-0.3, -0.25) is 9.88 Å². The molecule has 2 N–H and O–H groups in total. The normalized spacial score (nSPS) is 16.3. The standard InChI is InChI=1S/C16H20N4/c17-15-3-1-2-4-16(15)20-11-9-19(10-12-20)13-14-5-7-18-8-6-14/h1-8H,9-13,17H2. The molecule has 2 heterocycles. The Morgan fingerprint density at radius 2 is 1.65 bits per heavy atom. The van der Waals surface area contributed by atoms with Crippen molar-refractivity contribution in [2.75, 3.05) is 36.8 Å². The van der Waals surface area contributed by atoms with E-state index in [2.05, 4.69) is 39.0 Å². The first kappa shape index (κ1) is 12.9. The summed E-state index contributed by atoms with van der Waals surface area (Å²) in [6.07, 6.45) is 3.71. The summed E-state index contributed by atoms with van der Waals surface area (Å²) >= 11 is 0. The number of nitrogens with two attached hydrogens (primary N) is 1. The number of pyridine rings is 1. The van der Waals surface area contributed by atoms with E-state index in [0.717, 1.165) is 44.1 Å². The molecule has 2 aromatic rings. The molecule has 20 heavy (non-hydrogen) atoms. The van der Waals surface area contributed by atoms with Crippen molar-refractivity contribution >= 4 is 11.4 Å². The number of anilines is 2. The van der Waals surface area contributed by atoms with Crippen LogP contribution in [0.15, 0.2) is 48.8 Å². The Labute approximate surface area is 119 Å². The summed E-state index contributed by atoms with van der Waals surface area (Å²) in [4.78, 5) is 8.91. The Kier molecular flexibility index (Phi) is 3.83. The van der Waals surface area contributed by atoms with E-state index in [0.29, 0.717) is 0 Å². The van der Waals surface area contributed by atoms with Crippen molar-refractivity contribution in [1.82, 2.24) is 9.88 Å². The minimum atomic E-state index is 0.870. The first-order valence-electron chi connectivity index (χ1n) is 7.03. The van der Waals surface area contributed by atoms with Crippen LogP contribution in [0.1, 0.15) is 5.56 Å². The largest absolute Gasteiger partial charge is 0.397 e. The molecular weight excluding hydrogens is 248 g/mol. The number of hydrogen-bond acceptors (Lipinski definition) is 4. The summed E-state index contributed by atoms with van der Waals surface area (Å²) in [6.45, 7) is 5.19. The number of piperazine rings is 1. The minimum absolute atomic E-state index is 0.870. The molecule has 0 bridgehead atoms. The first-order valence-corrected chi connectivity index (χ1v) is 7.03. The van der Waals surface area contributed by atoms with Crippen LogP contribution in [0.2, 0.25) is 0 Å². The Morgan fingerprint density at radius 3 is 2.35 bits per heavy atom. The molecule has 1 aromatic heterocycles. The molecule has 1 aromatic carbocycles. The summed E-state index contributed by atoms with van der Waals surface area (Å²) in [5.74, 6) is 0. The molecule has 1 aliphatic rings. The quantitative estimate of drug-likeness (QED) is 0.865. The van der Waals surface area contributed by atoms with E-state index in [9.17, 15) is 0 Å². The molecule has 104 valence electrons. The highest BCUT2D eigenvalue weighted by Gasteiger charge is 2.18. The molecule has 0 unspecified atom stereocenters. The van der Waals surface area contributed by atoms with Crippen LogP contribution in [0.3, 0.4) is 0 Å². The smallest absolute Gasteiger partial charge is 0.0600 e. The van der Waals surface area contributed by atoms with E-state index < -0.39 is 0 Å². The molecule has 3 rings (SSSR count). The van der Waals surface area contributed by atoms with Crippen LogP contribution in [0.5, 0.6) is 0 Å². The van der Waals surface area contributed by atoms with Crippen LogP contribution in [0, 0.1) is 0 Å². The monoisotopic (exact) mass is 268 g/mol. The van der Waals surface area contributed by atoms with Gasteiger partial charge in [0.15, 0.2) is 0 Å². The van der Waals surface area contributed by atoms with Gasteiger partial charge in [-0.15, -0.1) is 0 Å². The van der Waals surface area contributed by atoms with Gasteiger partial charge in [0.25, 0.3) is 0 Å². The molecule has 4 nitrogen and oxygen atoms in total. The fraction of sp³-hybridized carbons (Fsp3) is 0.312. The van der Waals surface area contributed by atoms with Gasteiger partial charge in [0.05, 0.1) is 11.4 Å². The number of nitrogens with zero attached hydrogens (tertiary/aromatic N) is 3. The second-order valence-corrected chi connectivity index (χ2v) is 5.18. The van der Waals surface area contributed by atoms with Crippen molar-refractivity contribution in [3.05, 3.63) is 54.4 Å². The highest BCUT2D eigenvalue weighted by molar-refractivity contribution is 5.67. The van der Waals surface area contributed by atoms with Gasteiger partial charge in [0, 0.05) is 45.1 Å². The van der Waals surface area contributed by atoms with E-state index in [4.69, 9.17) is 5.73 Å². The van der Waals surface area contributed by atoms with Crippen LogP contribution in [0.25, 0.3) is 0 Å². The third kappa shape index (κ3) is 2.91. The van der Waals surface area contributed by atoms with Crippen LogP contribution < -0.4 is 10.6 Å². The van der Waals surface area contributed by atoms with Crippen molar-refractivity contribution in [1.29, 1.82) is 0 Å². The maximum atomic E-state index is 6.05. The number of rotatable bonds is 3. The van der Waals surface area contributed by atoms with Crippen LogP contribution in [-0.4, -0.2) is 36.1 Å². The van der Waals surface area contributed by atoms with Gasteiger partial charge in [0.1, 0.15) is 0 Å². The number of aromatic nitrogens is 1. The summed E-state index contributed by atoms with van der Waals surface area (Å²) < 4.78 is 0. The average molecular weight is 268 g/mol. The van der Waals surface area contributed by atoms with Gasteiger partial charge < -0.3 is 10.6 Å². The molecule has 1 saturated heterocycles. The number of nitrogen functional groups attached to an aromatic ring is 1. The summed E-state index contributed by atoms with van der Waals surface area (Å²) in [7, 11) is 0. The molecule has 1 aliphatic heterocycles. The average Bonchev–Trinajstić information content (AvgIpc) is 2.50. The molecule has 0 spiro atoms. The summed E-state index contributed by atoms with van der Waals surface area (Å²) in [5.41, 5.74) is 9.41. The predicted molar refractivity (Wildman–Crippen MR) is 82.6 cm³/mol. The van der Waals surface area contributed by atoms with Crippen molar-refractivity contribution in [3.8, 4) is 0 Å². The van der Waals surface area contributed by atoms with Crippen LogP contribution >= 0.6 is 0 Å². The zero-order chi connectivity index (χ0) is 13.8. The lowest BCUT2D eigenvalue weighted by molar-refractivity contribution is 0.250. The number of hydrogen-bond donors (Lipinski definition) is 1. The number of benzene rings is 1.